The highest BCUT2D eigenvalue weighted by molar-refractivity contribution is 5.89. The molecule has 1 aliphatic carbocycles. The number of benzene rings is 5. The van der Waals surface area contributed by atoms with Crippen LogP contribution in [0.1, 0.15) is 12.0 Å². The average molecular weight is 624 g/mol. The van der Waals surface area contributed by atoms with Gasteiger partial charge in [-0.15, -0.1) is 0 Å². The van der Waals surface area contributed by atoms with Crippen molar-refractivity contribution >= 4 is 45.8 Å². The van der Waals surface area contributed by atoms with Gasteiger partial charge in [0.15, 0.2) is 0 Å². The number of methoxy groups -OCH3 is 4. The number of ether oxygens (including phenoxy) is 4. The van der Waals surface area contributed by atoms with Crippen LogP contribution in [0.4, 0.5) is 22.7 Å². The lowest BCUT2D eigenvalue weighted by molar-refractivity contribution is 0.414. The molecule has 0 amide bonds. The third-order valence-electron chi connectivity index (χ3n) is 8.85. The zero-order valence-electron chi connectivity index (χ0n) is 26.9. The topological polar surface area (TPSA) is 68.0 Å². The van der Waals surface area contributed by atoms with Crippen molar-refractivity contribution in [3.05, 3.63) is 131 Å². The normalized spacial score (nSPS) is 15.1. The van der Waals surface area contributed by atoms with Gasteiger partial charge < -0.3 is 34.1 Å². The van der Waals surface area contributed by atoms with Gasteiger partial charge in [-0.1, -0.05) is 18.2 Å². The Morgan fingerprint density at radius 1 is 0.596 bits per heavy atom. The molecule has 1 atom stereocenters. The van der Waals surface area contributed by atoms with E-state index in [0.29, 0.717) is 0 Å². The number of aromatic nitrogens is 1. The number of H-pyrrole nitrogens is 1. The van der Waals surface area contributed by atoms with Crippen LogP contribution in [-0.4, -0.2) is 33.4 Å². The van der Waals surface area contributed by atoms with E-state index in [9.17, 15) is 0 Å². The maximum absolute atomic E-state index is 5.49. The molecule has 1 heterocycles. The van der Waals surface area contributed by atoms with Crippen LogP contribution in [0.25, 0.3) is 23.1 Å². The Labute approximate surface area is 274 Å². The number of hydrogen-bond donors (Lipinski definition) is 2. The molecule has 7 nitrogen and oxygen atoms in total. The van der Waals surface area contributed by atoms with Crippen molar-refractivity contribution in [3.8, 4) is 23.0 Å². The minimum absolute atomic E-state index is 0.509. The van der Waals surface area contributed by atoms with Gasteiger partial charge in [-0.3, -0.25) is 0 Å². The molecule has 0 spiro atoms. The molecule has 6 aromatic rings. The summed E-state index contributed by atoms with van der Waals surface area (Å²) < 4.78 is 21.8. The van der Waals surface area contributed by atoms with Gasteiger partial charge >= 0.3 is 0 Å². The molecule has 1 unspecified atom stereocenters. The van der Waals surface area contributed by atoms with Gasteiger partial charge in [0.05, 0.1) is 34.0 Å². The van der Waals surface area contributed by atoms with E-state index in [4.69, 9.17) is 18.9 Å². The molecule has 47 heavy (non-hydrogen) atoms. The van der Waals surface area contributed by atoms with Crippen molar-refractivity contribution in [2.45, 2.75) is 12.0 Å². The molecule has 0 saturated carbocycles. The fourth-order valence-corrected chi connectivity index (χ4v) is 6.34. The first-order valence-electron chi connectivity index (χ1n) is 15.5. The number of anilines is 4. The standard InChI is InChI=1S/C40H37N3O4/c1-44-32-14-5-27(6-15-32)40(42-28-7-16-33(45-2)17-8-28)24-23-39-37(26-40)36-25-31(13-22-38(36)41-39)43(29-9-18-34(46-3)19-10-29)30-11-20-35(47-4)21-12-30/h5-23,25-26,41-42H,24H2,1-4H3. The smallest absolute Gasteiger partial charge is 0.119 e. The molecule has 0 radical (unpaired) electrons. The molecule has 0 fully saturated rings. The first kappa shape index (κ1) is 29.9. The molecule has 0 bridgehead atoms. The summed E-state index contributed by atoms with van der Waals surface area (Å²) in [5, 5.41) is 7.27. The Morgan fingerprint density at radius 2 is 1.09 bits per heavy atom. The molecule has 7 rings (SSSR count). The molecule has 2 N–H and O–H groups in total. The van der Waals surface area contributed by atoms with Crippen LogP contribution in [0.2, 0.25) is 0 Å². The molecular weight excluding hydrogens is 586 g/mol. The Balaban J connectivity index is 1.39. The molecular formula is C40H37N3O4. The number of aromatic amines is 1. The molecule has 236 valence electrons. The first-order chi connectivity index (χ1) is 23.0. The number of hydrogen-bond acceptors (Lipinski definition) is 6. The van der Waals surface area contributed by atoms with E-state index in [0.717, 1.165) is 79.2 Å². The third kappa shape index (κ3) is 5.72. The highest BCUT2D eigenvalue weighted by Gasteiger charge is 2.31. The predicted octanol–water partition coefficient (Wildman–Crippen LogP) is 7.64. The van der Waals surface area contributed by atoms with E-state index in [1.807, 2.05) is 48.5 Å². The number of nitrogens with one attached hydrogen (secondary N) is 2. The van der Waals surface area contributed by atoms with Crippen LogP contribution in [0, 0.1) is 0 Å². The van der Waals surface area contributed by atoms with Gasteiger partial charge in [0.1, 0.15) is 23.0 Å². The Hall–Kier alpha value is -5.82. The zero-order chi connectivity index (χ0) is 32.4. The molecule has 0 saturated heterocycles. The van der Waals surface area contributed by atoms with E-state index < -0.39 is 5.54 Å². The molecule has 1 aromatic heterocycles. The lowest BCUT2D eigenvalue weighted by atomic mass is 9.82. The molecule has 7 heteroatoms. The fraction of sp³-hybridized carbons (Fsp3) is 0.150. The predicted molar refractivity (Wildman–Crippen MR) is 190 cm³/mol. The monoisotopic (exact) mass is 623 g/mol. The summed E-state index contributed by atoms with van der Waals surface area (Å²) in [6, 6.07) is 39.2. The van der Waals surface area contributed by atoms with Gasteiger partial charge in [-0.05, 0) is 121 Å². The molecule has 5 aromatic carbocycles. The van der Waals surface area contributed by atoms with Crippen molar-refractivity contribution in [2.24, 2.45) is 0 Å². The number of rotatable bonds is 10. The summed E-state index contributed by atoms with van der Waals surface area (Å²) in [5.41, 5.74) is 5.77. The SMILES string of the molecule is COc1ccc(NC2(c3ccc(OC)cc3)C=c3c([nH]c4ccc(N(c5ccc(OC)cc5)c5ccc(OC)cc5)cc34)=CC2)cc1. The van der Waals surface area contributed by atoms with E-state index in [-0.39, 0.29) is 0 Å². The van der Waals surface area contributed by atoms with Gasteiger partial charge in [-0.25, -0.2) is 0 Å². The fourth-order valence-electron chi connectivity index (χ4n) is 6.34. The largest absolute Gasteiger partial charge is 0.497 e. The maximum Gasteiger partial charge on any atom is 0.119 e. The number of fused-ring (bicyclic) bond motifs is 3. The molecule has 0 aliphatic heterocycles. The van der Waals surface area contributed by atoms with Crippen molar-refractivity contribution in [1.82, 2.24) is 4.98 Å². The first-order valence-corrected chi connectivity index (χ1v) is 15.5. The van der Waals surface area contributed by atoms with Gasteiger partial charge in [0.2, 0.25) is 0 Å². The van der Waals surface area contributed by atoms with Crippen LogP contribution in [0.5, 0.6) is 23.0 Å². The Bertz CT molecular complexity index is 2070. The van der Waals surface area contributed by atoms with E-state index in [2.05, 4.69) is 94.1 Å². The Morgan fingerprint density at radius 3 is 1.62 bits per heavy atom. The minimum Gasteiger partial charge on any atom is -0.497 e. The summed E-state index contributed by atoms with van der Waals surface area (Å²) in [6.45, 7) is 0. The highest BCUT2D eigenvalue weighted by atomic mass is 16.5. The third-order valence-corrected chi connectivity index (χ3v) is 8.85. The summed E-state index contributed by atoms with van der Waals surface area (Å²) in [6.07, 6.45) is 5.41. The van der Waals surface area contributed by atoms with Crippen molar-refractivity contribution in [1.29, 1.82) is 0 Å². The average Bonchev–Trinajstić information content (AvgIpc) is 3.49. The van der Waals surface area contributed by atoms with Crippen LogP contribution in [0.3, 0.4) is 0 Å². The minimum atomic E-state index is -0.509. The summed E-state index contributed by atoms with van der Waals surface area (Å²) in [5.74, 6) is 3.26. The summed E-state index contributed by atoms with van der Waals surface area (Å²) >= 11 is 0. The van der Waals surface area contributed by atoms with E-state index >= 15 is 0 Å². The van der Waals surface area contributed by atoms with Gasteiger partial charge in [0.25, 0.3) is 0 Å². The lowest BCUT2D eigenvalue weighted by Gasteiger charge is -2.34. The van der Waals surface area contributed by atoms with Crippen molar-refractivity contribution in [2.75, 3.05) is 38.7 Å². The zero-order valence-corrected chi connectivity index (χ0v) is 26.9. The lowest BCUT2D eigenvalue weighted by Crippen LogP contribution is -2.41. The van der Waals surface area contributed by atoms with Crippen LogP contribution >= 0.6 is 0 Å². The second kappa shape index (κ2) is 12.5. The van der Waals surface area contributed by atoms with Crippen molar-refractivity contribution in [3.63, 3.8) is 0 Å². The van der Waals surface area contributed by atoms with Crippen molar-refractivity contribution < 1.29 is 18.9 Å². The summed E-state index contributed by atoms with van der Waals surface area (Å²) in [7, 11) is 6.74. The van der Waals surface area contributed by atoms with Gasteiger partial charge in [0, 0.05) is 44.2 Å². The maximum atomic E-state index is 5.49. The number of nitrogens with zero attached hydrogens (tertiary/aromatic N) is 1. The summed E-state index contributed by atoms with van der Waals surface area (Å²) in [4.78, 5) is 5.92. The van der Waals surface area contributed by atoms with Crippen LogP contribution in [0.15, 0.2) is 115 Å². The Kier molecular flexibility index (Phi) is 7.96. The van der Waals surface area contributed by atoms with E-state index in [1.54, 1.807) is 28.4 Å². The second-order valence-corrected chi connectivity index (χ2v) is 11.5. The second-order valence-electron chi connectivity index (χ2n) is 11.5. The van der Waals surface area contributed by atoms with Crippen LogP contribution < -0.4 is 39.7 Å². The molecule has 1 aliphatic rings. The quantitative estimate of drug-likeness (QED) is 0.164. The highest BCUT2D eigenvalue weighted by Crippen LogP contribution is 2.38. The van der Waals surface area contributed by atoms with Gasteiger partial charge in [-0.2, -0.15) is 0 Å². The van der Waals surface area contributed by atoms with Crippen LogP contribution in [-0.2, 0) is 5.54 Å². The van der Waals surface area contributed by atoms with E-state index in [1.165, 1.54) is 0 Å².